The number of halogens is 1. The Morgan fingerprint density at radius 1 is 1.17 bits per heavy atom. The van der Waals surface area contributed by atoms with Crippen LogP contribution in [0.1, 0.15) is 47.5 Å². The van der Waals surface area contributed by atoms with Crippen LogP contribution in [0.5, 0.6) is 0 Å². The number of anilines is 1. The van der Waals surface area contributed by atoms with Gasteiger partial charge in [-0.05, 0) is 37.6 Å². The van der Waals surface area contributed by atoms with Gasteiger partial charge in [-0.15, -0.1) is 0 Å². The molecular weight excluding hydrogens is 367 g/mol. The standard InChI is InChI=1S/C23H25FN4O/c1-16(2)28-21-11-12-27(14-17-7-4-3-5-8-17)15-20(21)26-22(28)23(29)25-19-10-6-9-18(24)13-19/h3-10,13,16H,11-12,14-15H2,1-2H3,(H,25,29). The van der Waals surface area contributed by atoms with Crippen molar-refractivity contribution in [2.45, 2.75) is 39.4 Å². The van der Waals surface area contributed by atoms with Gasteiger partial charge in [-0.3, -0.25) is 9.69 Å². The number of hydrogen-bond acceptors (Lipinski definition) is 3. The van der Waals surface area contributed by atoms with Gasteiger partial charge in [-0.2, -0.15) is 0 Å². The van der Waals surface area contributed by atoms with E-state index in [1.54, 1.807) is 12.1 Å². The van der Waals surface area contributed by atoms with Gasteiger partial charge < -0.3 is 9.88 Å². The second kappa shape index (κ2) is 8.17. The van der Waals surface area contributed by atoms with Crippen LogP contribution in [0.2, 0.25) is 0 Å². The van der Waals surface area contributed by atoms with E-state index in [1.807, 2.05) is 22.8 Å². The quantitative estimate of drug-likeness (QED) is 0.700. The number of carbonyl (C=O) groups excluding carboxylic acids is 1. The third kappa shape index (κ3) is 4.22. The Bertz CT molecular complexity index is 1010. The first-order valence-electron chi connectivity index (χ1n) is 9.94. The van der Waals surface area contributed by atoms with E-state index >= 15 is 0 Å². The second-order valence-corrected chi connectivity index (χ2v) is 7.70. The lowest BCUT2D eigenvalue weighted by Crippen LogP contribution is -2.31. The van der Waals surface area contributed by atoms with Crippen molar-refractivity contribution in [2.75, 3.05) is 11.9 Å². The fourth-order valence-electron chi connectivity index (χ4n) is 3.91. The molecule has 4 rings (SSSR count). The molecule has 0 fully saturated rings. The summed E-state index contributed by atoms with van der Waals surface area (Å²) in [5.41, 5.74) is 3.76. The molecule has 0 atom stereocenters. The number of nitrogens with zero attached hydrogens (tertiary/aromatic N) is 3. The van der Waals surface area contributed by atoms with Crippen LogP contribution in [0.15, 0.2) is 54.6 Å². The number of imidazole rings is 1. The number of hydrogen-bond donors (Lipinski definition) is 1. The molecule has 0 saturated heterocycles. The Labute approximate surface area is 170 Å². The number of nitrogens with one attached hydrogen (secondary N) is 1. The van der Waals surface area contributed by atoms with Crippen LogP contribution in [0.25, 0.3) is 0 Å². The van der Waals surface area contributed by atoms with Crippen molar-refractivity contribution < 1.29 is 9.18 Å². The summed E-state index contributed by atoms with van der Waals surface area (Å²) in [7, 11) is 0. The molecule has 6 heteroatoms. The monoisotopic (exact) mass is 392 g/mol. The first kappa shape index (κ1) is 19.3. The molecule has 1 aliphatic rings. The van der Waals surface area contributed by atoms with Crippen LogP contribution in [0, 0.1) is 5.82 Å². The van der Waals surface area contributed by atoms with E-state index < -0.39 is 0 Å². The molecule has 0 saturated carbocycles. The molecule has 1 aromatic heterocycles. The Hall–Kier alpha value is -2.99. The van der Waals surface area contributed by atoms with E-state index in [1.165, 1.54) is 17.7 Å². The summed E-state index contributed by atoms with van der Waals surface area (Å²) in [5, 5.41) is 2.78. The van der Waals surface area contributed by atoms with E-state index in [2.05, 4.69) is 36.2 Å². The average molecular weight is 392 g/mol. The maximum atomic E-state index is 13.5. The van der Waals surface area contributed by atoms with Crippen molar-refractivity contribution in [1.29, 1.82) is 0 Å². The van der Waals surface area contributed by atoms with Gasteiger partial charge in [0, 0.05) is 43.5 Å². The van der Waals surface area contributed by atoms with Crippen molar-refractivity contribution in [3.05, 3.63) is 83.2 Å². The maximum Gasteiger partial charge on any atom is 0.291 e. The fraction of sp³-hybridized carbons (Fsp3) is 0.304. The summed E-state index contributed by atoms with van der Waals surface area (Å²) >= 11 is 0. The Morgan fingerprint density at radius 3 is 2.69 bits per heavy atom. The summed E-state index contributed by atoms with van der Waals surface area (Å²) in [4.78, 5) is 20.0. The lowest BCUT2D eigenvalue weighted by Gasteiger charge is -2.27. The topological polar surface area (TPSA) is 50.2 Å². The van der Waals surface area contributed by atoms with Gasteiger partial charge in [0.2, 0.25) is 0 Å². The molecule has 3 aromatic rings. The van der Waals surface area contributed by atoms with E-state index in [4.69, 9.17) is 4.98 Å². The molecule has 0 bridgehead atoms. The minimum Gasteiger partial charge on any atom is -0.321 e. The molecule has 2 aromatic carbocycles. The smallest absolute Gasteiger partial charge is 0.291 e. The largest absolute Gasteiger partial charge is 0.321 e. The van der Waals surface area contributed by atoms with Gasteiger partial charge in [0.15, 0.2) is 5.82 Å². The molecule has 150 valence electrons. The molecule has 29 heavy (non-hydrogen) atoms. The summed E-state index contributed by atoms with van der Waals surface area (Å²) in [5.74, 6) is -0.310. The minimum atomic E-state index is -0.383. The van der Waals surface area contributed by atoms with Crippen LogP contribution in [-0.4, -0.2) is 26.9 Å². The summed E-state index contributed by atoms with van der Waals surface area (Å²) in [6, 6.07) is 16.4. The van der Waals surface area contributed by atoms with Crippen molar-refractivity contribution in [3.63, 3.8) is 0 Å². The van der Waals surface area contributed by atoms with Gasteiger partial charge in [-0.1, -0.05) is 36.4 Å². The van der Waals surface area contributed by atoms with Crippen LogP contribution < -0.4 is 5.32 Å². The predicted octanol–water partition coefficient (Wildman–Crippen LogP) is 4.41. The molecule has 5 nitrogen and oxygen atoms in total. The lowest BCUT2D eigenvalue weighted by molar-refractivity contribution is 0.101. The van der Waals surface area contributed by atoms with Crippen LogP contribution in [0.4, 0.5) is 10.1 Å². The van der Waals surface area contributed by atoms with Crippen LogP contribution in [-0.2, 0) is 19.5 Å². The third-order valence-corrected chi connectivity index (χ3v) is 5.18. The Balaban J connectivity index is 1.57. The molecule has 0 radical (unpaired) electrons. The molecule has 0 unspecified atom stereocenters. The van der Waals surface area contributed by atoms with Crippen LogP contribution >= 0.6 is 0 Å². The number of aromatic nitrogens is 2. The fourth-order valence-corrected chi connectivity index (χ4v) is 3.91. The summed E-state index contributed by atoms with van der Waals surface area (Å²) in [6.45, 7) is 6.60. The van der Waals surface area contributed by atoms with E-state index in [0.717, 1.165) is 30.9 Å². The number of fused-ring (bicyclic) bond motifs is 1. The van der Waals surface area contributed by atoms with Gasteiger partial charge in [0.1, 0.15) is 5.82 Å². The number of amides is 1. The molecule has 1 amide bonds. The number of benzene rings is 2. The zero-order valence-corrected chi connectivity index (χ0v) is 16.7. The first-order chi connectivity index (χ1) is 14.0. The highest BCUT2D eigenvalue weighted by molar-refractivity contribution is 6.02. The highest BCUT2D eigenvalue weighted by Crippen LogP contribution is 2.25. The van der Waals surface area contributed by atoms with E-state index in [9.17, 15) is 9.18 Å². The normalized spacial score (nSPS) is 14.1. The minimum absolute atomic E-state index is 0.111. The zero-order chi connectivity index (χ0) is 20.4. The number of rotatable bonds is 5. The van der Waals surface area contributed by atoms with Crippen molar-refractivity contribution in [1.82, 2.24) is 14.5 Å². The molecule has 1 N–H and O–H groups in total. The second-order valence-electron chi connectivity index (χ2n) is 7.70. The van der Waals surface area contributed by atoms with E-state index in [0.29, 0.717) is 18.1 Å². The van der Waals surface area contributed by atoms with Crippen LogP contribution in [0.3, 0.4) is 0 Å². The molecular formula is C23H25FN4O. The third-order valence-electron chi connectivity index (χ3n) is 5.18. The highest BCUT2D eigenvalue weighted by Gasteiger charge is 2.28. The zero-order valence-electron chi connectivity index (χ0n) is 16.7. The average Bonchev–Trinajstić information content (AvgIpc) is 3.08. The molecule has 0 aliphatic carbocycles. The van der Waals surface area contributed by atoms with Gasteiger partial charge in [-0.25, -0.2) is 9.37 Å². The van der Waals surface area contributed by atoms with Gasteiger partial charge in [0.25, 0.3) is 5.91 Å². The molecule has 2 heterocycles. The highest BCUT2D eigenvalue weighted by atomic mass is 19.1. The van der Waals surface area contributed by atoms with Gasteiger partial charge >= 0.3 is 0 Å². The maximum absolute atomic E-state index is 13.5. The van der Waals surface area contributed by atoms with Crippen molar-refractivity contribution in [3.8, 4) is 0 Å². The van der Waals surface area contributed by atoms with Gasteiger partial charge in [0.05, 0.1) is 5.69 Å². The molecule has 0 spiro atoms. The Morgan fingerprint density at radius 2 is 1.97 bits per heavy atom. The summed E-state index contributed by atoms with van der Waals surface area (Å²) in [6.07, 6.45) is 0.848. The van der Waals surface area contributed by atoms with Crippen molar-refractivity contribution >= 4 is 11.6 Å². The predicted molar refractivity (Wildman–Crippen MR) is 111 cm³/mol. The van der Waals surface area contributed by atoms with Crippen molar-refractivity contribution in [2.24, 2.45) is 0 Å². The molecule has 1 aliphatic heterocycles. The SMILES string of the molecule is CC(C)n1c(C(=O)Nc2cccc(F)c2)nc2c1CCN(Cc1ccccc1)C2. The number of carbonyl (C=O) groups is 1. The summed E-state index contributed by atoms with van der Waals surface area (Å²) < 4.78 is 15.5. The van der Waals surface area contributed by atoms with E-state index in [-0.39, 0.29) is 17.8 Å². The lowest BCUT2D eigenvalue weighted by atomic mass is 10.1. The Kier molecular flexibility index (Phi) is 5.45. The first-order valence-corrected chi connectivity index (χ1v) is 9.94.